The van der Waals surface area contributed by atoms with Gasteiger partial charge in [-0.05, 0) is 111 Å². The number of anilines is 2. The molecule has 1 spiro atoms. The van der Waals surface area contributed by atoms with E-state index in [2.05, 4.69) is 48.1 Å². The van der Waals surface area contributed by atoms with Gasteiger partial charge in [0.25, 0.3) is 5.91 Å². The minimum absolute atomic E-state index is 0.0161. The maximum absolute atomic E-state index is 17.1. The van der Waals surface area contributed by atoms with Crippen LogP contribution in [0.4, 0.5) is 25.1 Å². The predicted molar refractivity (Wildman–Crippen MR) is 276 cm³/mol. The predicted octanol–water partition coefficient (Wildman–Crippen LogP) is 7.25. The number of benzene rings is 3. The molecule has 5 aromatic rings. The zero-order chi connectivity index (χ0) is 53.0. The fourth-order valence-electron chi connectivity index (χ4n) is 12.5. The third-order valence-corrected chi connectivity index (χ3v) is 16.5. The molecule has 4 amide bonds. The van der Waals surface area contributed by atoms with Crippen molar-refractivity contribution in [3.63, 3.8) is 0 Å². The van der Waals surface area contributed by atoms with Crippen LogP contribution in [-0.4, -0.2) is 143 Å². The van der Waals surface area contributed by atoms with E-state index in [1.807, 2.05) is 4.90 Å². The Bertz CT molecular complexity index is 3120. The molecule has 11 rings (SSSR count). The lowest BCUT2D eigenvalue weighted by molar-refractivity contribution is -0.120. The number of amides is 4. The number of halogens is 2. The largest absolute Gasteiger partial charge is 0.508 e. The summed E-state index contributed by atoms with van der Waals surface area (Å²) in [7, 11) is 0. The molecule has 3 atom stereocenters. The molecule has 73 heavy (non-hydrogen) atoms. The van der Waals surface area contributed by atoms with Crippen LogP contribution in [0.1, 0.15) is 90.3 Å². The van der Waals surface area contributed by atoms with Crippen LogP contribution in [0.15, 0.2) is 48.7 Å². The number of terminal acetylenes is 1. The summed E-state index contributed by atoms with van der Waals surface area (Å²) in [4.78, 5) is 62.8. The van der Waals surface area contributed by atoms with Gasteiger partial charge in [-0.25, -0.2) is 13.6 Å². The highest BCUT2D eigenvalue weighted by molar-refractivity contribution is 6.07. The number of phenols is 1. The third-order valence-electron chi connectivity index (χ3n) is 16.5. The number of carbonyl (C=O) groups excluding carboxylic acids is 3. The molecule has 17 heteroatoms. The number of fused-ring (bicyclic) bond motifs is 4. The average Bonchev–Trinajstić information content (AvgIpc) is 3.77. The van der Waals surface area contributed by atoms with Crippen LogP contribution in [0.3, 0.4) is 0 Å². The Hall–Kier alpha value is -6.48. The Balaban J connectivity index is 0.682. The molecule has 382 valence electrons. The number of urea groups is 1. The number of pyridine rings is 1. The number of hydrogen-bond donors (Lipinski definition) is 3. The average molecular weight is 998 g/mol. The van der Waals surface area contributed by atoms with Gasteiger partial charge in [0.1, 0.15) is 28.6 Å². The number of imide groups is 1. The Morgan fingerprint density at radius 1 is 0.959 bits per heavy atom. The summed E-state index contributed by atoms with van der Waals surface area (Å²) < 4.78 is 62.6. The molecule has 3 N–H and O–H groups in total. The van der Waals surface area contributed by atoms with Gasteiger partial charge in [-0.15, -0.1) is 6.42 Å². The van der Waals surface area contributed by atoms with Crippen LogP contribution in [0, 0.1) is 48.1 Å². The first-order valence-electron chi connectivity index (χ1n) is 27.4. The van der Waals surface area contributed by atoms with Gasteiger partial charge in [0.15, 0.2) is 5.82 Å². The van der Waals surface area contributed by atoms with E-state index in [0.717, 1.165) is 90.6 Å². The van der Waals surface area contributed by atoms with Crippen LogP contribution in [0.5, 0.6) is 11.8 Å². The number of carbonyl (C=O) groups is 3. The number of ether oxygens (including phenoxy) is 1. The van der Waals surface area contributed by atoms with Gasteiger partial charge in [0.2, 0.25) is 5.91 Å². The van der Waals surface area contributed by atoms with Crippen molar-refractivity contribution in [1.29, 1.82) is 0 Å². The molecule has 15 nitrogen and oxygen atoms in total. The number of aryl methyl sites for hydroxylation is 1. The molecule has 6 aliphatic rings. The first-order valence-corrected chi connectivity index (χ1v) is 25.9. The number of rotatable bonds is 11. The molecule has 6 fully saturated rings. The molecule has 3 aromatic carbocycles. The van der Waals surface area contributed by atoms with Crippen molar-refractivity contribution in [3.8, 4) is 35.4 Å². The Labute approximate surface area is 428 Å². The standard InChI is InChI=1S/C56H64F2N10O5/c1-4-42-45(57)10-7-37-25-41(69)27-43(48(37)42)50-49(58)51-44(28-59-50)52(67-31-39-8-9-40(32-67)60-39)63-54(62-51)73-33-34(2)29-64-21-23-65(24-22-64)30-36-11-14-56(15-12-36)16-19-66(20-17-56)53(71)38-6-5-35(3)46(26-38)68-18-13-47(70)61-55(68)72/h1,5-7,10,25-28,34,36,39-40,60,69H,8-9,11-24,29-33H2,2-3H3,(H,61,70,72)/t34-,39?,40?/m1/s1/i3D3. The normalized spacial score (nSPS) is 23.0. The number of phenolic OH excluding ortho intramolecular Hbond substituents is 1. The maximum Gasteiger partial charge on any atom is 0.328 e. The summed E-state index contributed by atoms with van der Waals surface area (Å²) in [5.41, 5.74) is 0.614. The highest BCUT2D eigenvalue weighted by Gasteiger charge is 2.40. The molecular weight excluding hydrogens is 931 g/mol. The van der Waals surface area contributed by atoms with Gasteiger partial charge in [-0.1, -0.05) is 25.0 Å². The lowest BCUT2D eigenvalue weighted by atomic mass is 9.65. The lowest BCUT2D eigenvalue weighted by Gasteiger charge is -2.47. The third kappa shape index (κ3) is 9.89. The first-order chi connectivity index (χ1) is 36.5. The summed E-state index contributed by atoms with van der Waals surface area (Å²) in [5.74, 6) is 1.54. The SMILES string of the molecule is [2H]C([2H])([2H])c1ccc(C(=O)N2CCC3(CCC(CN4CCN(C[C@@H](C)COc5nc(N6CC7CCC(C6)N7)c6cnc(-c7cc(O)cc8ccc(F)c(C#C)c78)c(F)c6n5)CC4)CC3)CC2)cc1N1CCC(=O)NC1=O. The second-order valence-corrected chi connectivity index (χ2v) is 21.5. The molecule has 2 bridgehead atoms. The molecule has 2 aromatic heterocycles. The Kier molecular flexibility index (Phi) is 12.4. The van der Waals surface area contributed by atoms with Crippen molar-refractivity contribution in [1.82, 2.24) is 40.3 Å². The molecule has 2 unspecified atom stereocenters. The van der Waals surface area contributed by atoms with Crippen molar-refractivity contribution < 1.29 is 37.1 Å². The molecule has 5 aliphatic heterocycles. The van der Waals surface area contributed by atoms with E-state index >= 15 is 8.78 Å². The Morgan fingerprint density at radius 2 is 1.71 bits per heavy atom. The van der Waals surface area contributed by atoms with E-state index in [1.165, 1.54) is 47.4 Å². The summed E-state index contributed by atoms with van der Waals surface area (Å²) in [6.07, 6.45) is 15.8. The lowest BCUT2D eigenvalue weighted by Crippen LogP contribution is -2.51. The van der Waals surface area contributed by atoms with Crippen molar-refractivity contribution in [3.05, 3.63) is 77.0 Å². The van der Waals surface area contributed by atoms with Gasteiger partial charge in [0, 0.05) is 129 Å². The van der Waals surface area contributed by atoms with Gasteiger partial charge in [-0.2, -0.15) is 9.97 Å². The summed E-state index contributed by atoms with van der Waals surface area (Å²) in [5, 5.41) is 17.7. The number of hydrogen-bond acceptors (Lipinski definition) is 12. The minimum Gasteiger partial charge on any atom is -0.508 e. The van der Waals surface area contributed by atoms with Crippen LogP contribution in [0.25, 0.3) is 32.9 Å². The van der Waals surface area contributed by atoms with Crippen LogP contribution >= 0.6 is 0 Å². The second-order valence-electron chi connectivity index (χ2n) is 21.5. The smallest absolute Gasteiger partial charge is 0.328 e. The number of piperazine rings is 2. The molecule has 0 radical (unpaired) electrons. The van der Waals surface area contributed by atoms with Crippen LogP contribution in [-0.2, 0) is 4.79 Å². The van der Waals surface area contributed by atoms with Crippen molar-refractivity contribution >= 4 is 51.0 Å². The van der Waals surface area contributed by atoms with Gasteiger partial charge < -0.3 is 34.8 Å². The number of aromatic nitrogens is 3. The highest BCUT2D eigenvalue weighted by Crippen LogP contribution is 2.47. The topological polar surface area (TPSA) is 160 Å². The maximum atomic E-state index is 17.1. The quantitative estimate of drug-likeness (QED) is 0.114. The van der Waals surface area contributed by atoms with Crippen molar-refractivity contribution in [2.75, 3.05) is 88.4 Å². The fraction of sp³-hybridized carbons (Fsp3) is 0.500. The summed E-state index contributed by atoms with van der Waals surface area (Å²) >= 11 is 0. The van der Waals surface area contributed by atoms with Crippen molar-refractivity contribution in [2.24, 2.45) is 17.3 Å². The van der Waals surface area contributed by atoms with Crippen LogP contribution in [0.2, 0.25) is 0 Å². The van der Waals surface area contributed by atoms with E-state index in [-0.39, 0.29) is 93.0 Å². The summed E-state index contributed by atoms with van der Waals surface area (Å²) in [6, 6.07) is 9.88. The zero-order valence-electron chi connectivity index (χ0n) is 44.3. The molecule has 1 aliphatic carbocycles. The van der Waals surface area contributed by atoms with Gasteiger partial charge in [-0.3, -0.25) is 24.8 Å². The van der Waals surface area contributed by atoms with E-state index in [4.69, 9.17) is 20.3 Å². The van der Waals surface area contributed by atoms with Crippen LogP contribution < -0.4 is 25.2 Å². The van der Waals surface area contributed by atoms with E-state index in [0.29, 0.717) is 60.9 Å². The molecule has 7 heterocycles. The van der Waals surface area contributed by atoms with E-state index < -0.39 is 30.4 Å². The molecule has 1 saturated carbocycles. The van der Waals surface area contributed by atoms with Gasteiger partial charge in [0.05, 0.1) is 17.6 Å². The van der Waals surface area contributed by atoms with E-state index in [1.54, 1.807) is 6.20 Å². The zero-order valence-corrected chi connectivity index (χ0v) is 41.3. The summed E-state index contributed by atoms with van der Waals surface area (Å²) in [6.45, 7) is 8.31. The molecule has 5 saturated heterocycles. The monoisotopic (exact) mass is 998 g/mol. The second kappa shape index (κ2) is 20.1. The fourth-order valence-corrected chi connectivity index (χ4v) is 12.5. The first kappa shape index (κ1) is 45.2. The van der Waals surface area contributed by atoms with Crippen molar-refractivity contribution in [2.45, 2.75) is 83.6 Å². The number of piperidine rings is 1. The Morgan fingerprint density at radius 3 is 2.44 bits per heavy atom. The minimum atomic E-state index is -2.51. The van der Waals surface area contributed by atoms with E-state index in [9.17, 15) is 19.5 Å². The molecular formula is C56H64F2N10O5. The van der Waals surface area contributed by atoms with Gasteiger partial charge >= 0.3 is 12.0 Å². The number of nitrogens with one attached hydrogen (secondary N) is 2. The number of aromatic hydroxyl groups is 1. The number of nitrogens with zero attached hydrogens (tertiary/aromatic N) is 8. The highest BCUT2D eigenvalue weighted by atomic mass is 19.1. The number of likely N-dealkylation sites (tertiary alicyclic amines) is 1.